The average Bonchev–Trinajstić information content (AvgIpc) is 2.99. The molecule has 3 aliphatic rings. The number of amides is 1. The first-order valence-corrected chi connectivity index (χ1v) is 10.1. The van der Waals surface area contributed by atoms with Crippen LogP contribution in [0.3, 0.4) is 0 Å². The van der Waals surface area contributed by atoms with E-state index in [1.54, 1.807) is 11.0 Å². The van der Waals surface area contributed by atoms with E-state index in [4.69, 9.17) is 5.26 Å². The molecule has 1 aromatic rings. The Balaban J connectivity index is 1.44. The number of hydrogen-bond acceptors (Lipinski definition) is 4. The van der Waals surface area contributed by atoms with Crippen molar-refractivity contribution >= 4 is 11.6 Å². The predicted molar refractivity (Wildman–Crippen MR) is 99.5 cm³/mol. The normalized spacial score (nSPS) is 27.3. The van der Waals surface area contributed by atoms with Crippen molar-refractivity contribution in [3.63, 3.8) is 0 Å². The lowest BCUT2D eigenvalue weighted by molar-refractivity contribution is -0.139. The molecular formula is C21H25F2N3O2. The topological polar surface area (TPSA) is 67.6 Å². The number of nitriles is 1. The van der Waals surface area contributed by atoms with Gasteiger partial charge < -0.3 is 14.9 Å². The van der Waals surface area contributed by atoms with Crippen LogP contribution in [-0.2, 0) is 4.79 Å². The number of carbonyl (C=O) groups excluding carboxylic acids is 1. The van der Waals surface area contributed by atoms with Gasteiger partial charge in [0.1, 0.15) is 5.69 Å². The van der Waals surface area contributed by atoms with Gasteiger partial charge in [-0.15, -0.1) is 0 Å². The number of likely N-dealkylation sites (tertiary alicyclic amines) is 1. The summed E-state index contributed by atoms with van der Waals surface area (Å²) in [6.45, 7) is 1.57. The summed E-state index contributed by atoms with van der Waals surface area (Å²) in [5, 5.41) is 18.6. The van der Waals surface area contributed by atoms with Gasteiger partial charge in [-0.2, -0.15) is 5.26 Å². The van der Waals surface area contributed by atoms with E-state index in [1.165, 1.54) is 0 Å². The average molecular weight is 389 g/mol. The molecule has 150 valence electrons. The highest BCUT2D eigenvalue weighted by atomic mass is 19.1. The van der Waals surface area contributed by atoms with Gasteiger partial charge in [0, 0.05) is 25.7 Å². The second kappa shape index (κ2) is 7.32. The minimum absolute atomic E-state index is 0.0357. The monoisotopic (exact) mass is 389 g/mol. The molecule has 0 bridgehead atoms. The molecule has 1 spiro atoms. The van der Waals surface area contributed by atoms with Gasteiger partial charge in [0.25, 0.3) is 0 Å². The second-order valence-corrected chi connectivity index (χ2v) is 8.38. The van der Waals surface area contributed by atoms with Crippen molar-refractivity contribution < 1.29 is 18.7 Å². The molecule has 2 heterocycles. The number of anilines is 1. The quantitative estimate of drug-likeness (QED) is 0.845. The maximum Gasteiger partial charge on any atom is 0.229 e. The first-order valence-electron chi connectivity index (χ1n) is 10.1. The van der Waals surface area contributed by atoms with Crippen LogP contribution in [0.2, 0.25) is 0 Å². The molecule has 7 heteroatoms. The van der Waals surface area contributed by atoms with Crippen molar-refractivity contribution in [1.82, 2.24) is 4.90 Å². The SMILES string of the molecule is N#Cc1cc(F)c(N2CCC3(CC2)CCN([C@H]2CC[C@H](O)CC2)C3=O)c(F)c1. The minimum Gasteiger partial charge on any atom is -0.393 e. The van der Waals surface area contributed by atoms with Crippen molar-refractivity contribution in [3.8, 4) is 6.07 Å². The number of aliphatic hydroxyl groups excluding tert-OH is 1. The van der Waals surface area contributed by atoms with Crippen LogP contribution in [0, 0.1) is 28.4 Å². The Bertz CT molecular complexity index is 783. The maximum atomic E-state index is 14.3. The summed E-state index contributed by atoms with van der Waals surface area (Å²) >= 11 is 0. The lowest BCUT2D eigenvalue weighted by Gasteiger charge is -2.40. The Morgan fingerprint density at radius 2 is 1.61 bits per heavy atom. The van der Waals surface area contributed by atoms with Gasteiger partial charge >= 0.3 is 0 Å². The van der Waals surface area contributed by atoms with Crippen molar-refractivity contribution in [2.75, 3.05) is 24.5 Å². The second-order valence-electron chi connectivity index (χ2n) is 8.38. The van der Waals surface area contributed by atoms with Gasteiger partial charge in [0.15, 0.2) is 11.6 Å². The smallest absolute Gasteiger partial charge is 0.229 e. The summed E-state index contributed by atoms with van der Waals surface area (Å²) in [6.07, 6.45) is 4.87. The first-order chi connectivity index (χ1) is 13.4. The number of halogens is 2. The third-order valence-electron chi connectivity index (χ3n) is 6.84. The van der Waals surface area contributed by atoms with Crippen LogP contribution in [0.4, 0.5) is 14.5 Å². The number of piperidine rings is 1. The Hall–Kier alpha value is -2.20. The van der Waals surface area contributed by atoms with E-state index in [0.29, 0.717) is 25.9 Å². The largest absolute Gasteiger partial charge is 0.393 e. The standard InChI is InChI=1S/C21H25F2N3O2/c22-17-11-14(13-24)12-18(23)19(17)25-8-5-21(6-9-25)7-10-26(20(21)28)15-1-3-16(27)4-2-15/h11-12,15-16,27H,1-10H2/t15-,16-. The summed E-state index contributed by atoms with van der Waals surface area (Å²) < 4.78 is 28.7. The summed E-state index contributed by atoms with van der Waals surface area (Å²) in [6, 6.07) is 4.09. The number of carbonyl (C=O) groups is 1. The lowest BCUT2D eigenvalue weighted by Crippen LogP contribution is -2.47. The molecule has 28 heavy (non-hydrogen) atoms. The molecule has 1 aliphatic carbocycles. The Morgan fingerprint density at radius 1 is 1.04 bits per heavy atom. The molecule has 0 radical (unpaired) electrons. The summed E-state index contributed by atoms with van der Waals surface area (Å²) in [4.78, 5) is 16.8. The Labute approximate surface area is 163 Å². The highest BCUT2D eigenvalue weighted by molar-refractivity contribution is 5.85. The number of rotatable bonds is 2. The molecule has 1 amide bonds. The van der Waals surface area contributed by atoms with E-state index in [0.717, 1.165) is 50.8 Å². The third-order valence-corrected chi connectivity index (χ3v) is 6.84. The zero-order valence-electron chi connectivity index (χ0n) is 15.8. The van der Waals surface area contributed by atoms with Crippen molar-refractivity contribution in [3.05, 3.63) is 29.3 Å². The van der Waals surface area contributed by atoms with Gasteiger partial charge in [0.2, 0.25) is 5.91 Å². The molecule has 3 fully saturated rings. The first kappa shape index (κ1) is 19.1. The molecule has 0 unspecified atom stereocenters. The summed E-state index contributed by atoms with van der Waals surface area (Å²) in [7, 11) is 0. The maximum absolute atomic E-state index is 14.3. The highest BCUT2D eigenvalue weighted by Gasteiger charge is 2.50. The minimum atomic E-state index is -0.729. The summed E-state index contributed by atoms with van der Waals surface area (Å²) in [5.74, 6) is -1.28. The zero-order chi connectivity index (χ0) is 19.9. The number of hydrogen-bond donors (Lipinski definition) is 1. The molecule has 1 saturated carbocycles. The fourth-order valence-corrected chi connectivity index (χ4v) is 5.12. The molecule has 2 saturated heterocycles. The van der Waals surface area contributed by atoms with E-state index < -0.39 is 17.0 Å². The summed E-state index contributed by atoms with van der Waals surface area (Å²) in [5.41, 5.74) is -0.560. The van der Waals surface area contributed by atoms with E-state index in [9.17, 15) is 18.7 Å². The van der Waals surface area contributed by atoms with Crippen LogP contribution in [0.1, 0.15) is 50.5 Å². The van der Waals surface area contributed by atoms with E-state index >= 15 is 0 Å². The number of nitrogens with zero attached hydrogens (tertiary/aromatic N) is 3. The molecule has 1 N–H and O–H groups in total. The van der Waals surface area contributed by atoms with Gasteiger partial charge in [-0.05, 0) is 57.1 Å². The van der Waals surface area contributed by atoms with Crippen molar-refractivity contribution in [1.29, 1.82) is 5.26 Å². The zero-order valence-corrected chi connectivity index (χ0v) is 15.8. The highest BCUT2D eigenvalue weighted by Crippen LogP contribution is 2.44. The van der Waals surface area contributed by atoms with Crippen molar-refractivity contribution in [2.24, 2.45) is 5.41 Å². The molecular weight excluding hydrogens is 364 g/mol. The Morgan fingerprint density at radius 3 is 2.18 bits per heavy atom. The van der Waals surface area contributed by atoms with E-state index in [-0.39, 0.29) is 29.3 Å². The van der Waals surface area contributed by atoms with Crippen LogP contribution in [0.25, 0.3) is 0 Å². The number of benzene rings is 1. The Kier molecular flexibility index (Phi) is 5.00. The van der Waals surface area contributed by atoms with Crippen LogP contribution in [0.5, 0.6) is 0 Å². The van der Waals surface area contributed by atoms with Gasteiger partial charge in [-0.3, -0.25) is 4.79 Å². The van der Waals surface area contributed by atoms with E-state index in [2.05, 4.69) is 0 Å². The number of aliphatic hydroxyl groups is 1. The molecule has 5 nitrogen and oxygen atoms in total. The van der Waals surface area contributed by atoms with Crippen molar-refractivity contribution in [2.45, 2.75) is 57.1 Å². The molecule has 4 rings (SSSR count). The van der Waals surface area contributed by atoms with Crippen LogP contribution in [0.15, 0.2) is 12.1 Å². The molecule has 0 aromatic heterocycles. The molecule has 0 atom stereocenters. The fraction of sp³-hybridized carbons (Fsp3) is 0.619. The van der Waals surface area contributed by atoms with Crippen LogP contribution >= 0.6 is 0 Å². The van der Waals surface area contributed by atoms with Gasteiger partial charge in [-0.25, -0.2) is 8.78 Å². The van der Waals surface area contributed by atoms with Crippen LogP contribution in [-0.4, -0.2) is 47.7 Å². The molecule has 2 aliphatic heterocycles. The van der Waals surface area contributed by atoms with E-state index in [1.807, 2.05) is 4.90 Å². The van der Waals surface area contributed by atoms with Gasteiger partial charge in [0.05, 0.1) is 23.2 Å². The third kappa shape index (κ3) is 3.24. The predicted octanol–water partition coefficient (Wildman–Crippen LogP) is 2.96. The molecule has 1 aromatic carbocycles. The van der Waals surface area contributed by atoms with Crippen LogP contribution < -0.4 is 4.90 Å². The van der Waals surface area contributed by atoms with Gasteiger partial charge in [-0.1, -0.05) is 0 Å². The lowest BCUT2D eigenvalue weighted by atomic mass is 9.76. The fourth-order valence-electron chi connectivity index (χ4n) is 5.12.